The summed E-state index contributed by atoms with van der Waals surface area (Å²) in [5.41, 5.74) is 1.29. The van der Waals surface area contributed by atoms with E-state index in [2.05, 4.69) is 29.2 Å². The van der Waals surface area contributed by atoms with E-state index in [-0.39, 0.29) is 6.29 Å². The predicted molar refractivity (Wildman–Crippen MR) is 88.2 cm³/mol. The molecular weight excluding hydrogens is 296 g/mol. The highest BCUT2D eigenvalue weighted by Crippen LogP contribution is 2.33. The zero-order chi connectivity index (χ0) is 15.4. The molecule has 4 nitrogen and oxygen atoms in total. The van der Waals surface area contributed by atoms with E-state index >= 15 is 0 Å². The van der Waals surface area contributed by atoms with Crippen molar-refractivity contribution in [2.45, 2.75) is 43.3 Å². The van der Waals surface area contributed by atoms with Crippen molar-refractivity contribution in [2.75, 3.05) is 6.61 Å². The van der Waals surface area contributed by atoms with E-state index in [0.29, 0.717) is 0 Å². The lowest BCUT2D eigenvalue weighted by Crippen LogP contribution is -2.26. The molecule has 2 aromatic rings. The van der Waals surface area contributed by atoms with Gasteiger partial charge in [-0.1, -0.05) is 42.1 Å². The molecule has 0 radical (unpaired) electrons. The first-order valence-electron chi connectivity index (χ1n) is 7.72. The fourth-order valence-electron chi connectivity index (χ4n) is 2.44. The van der Waals surface area contributed by atoms with Gasteiger partial charge < -0.3 is 14.0 Å². The zero-order valence-electron chi connectivity index (χ0n) is 13.1. The molecule has 118 valence electrons. The minimum absolute atomic E-state index is 0.139. The maximum atomic E-state index is 6.08. The highest BCUT2D eigenvalue weighted by molar-refractivity contribution is 7.98. The van der Waals surface area contributed by atoms with Crippen LogP contribution < -0.4 is 4.74 Å². The Morgan fingerprint density at radius 3 is 2.86 bits per heavy atom. The summed E-state index contributed by atoms with van der Waals surface area (Å²) in [4.78, 5) is 4.64. The van der Waals surface area contributed by atoms with Gasteiger partial charge in [0.05, 0.1) is 6.61 Å². The van der Waals surface area contributed by atoms with Gasteiger partial charge in [0.15, 0.2) is 5.03 Å². The first-order chi connectivity index (χ1) is 10.7. The number of imidazole rings is 1. The molecule has 0 amide bonds. The number of benzene rings is 1. The Morgan fingerprint density at radius 1 is 1.32 bits per heavy atom. The first-order valence-corrected chi connectivity index (χ1v) is 8.71. The van der Waals surface area contributed by atoms with E-state index in [0.717, 1.165) is 48.4 Å². The predicted octanol–water partition coefficient (Wildman–Crippen LogP) is 3.93. The second kappa shape index (κ2) is 7.20. The molecule has 5 heteroatoms. The smallest absolute Gasteiger partial charge is 0.230 e. The number of ether oxygens (including phenoxy) is 2. The van der Waals surface area contributed by atoms with E-state index in [9.17, 15) is 0 Å². The van der Waals surface area contributed by atoms with Crippen LogP contribution in [0.15, 0.2) is 35.4 Å². The third kappa shape index (κ3) is 3.65. The van der Waals surface area contributed by atoms with Gasteiger partial charge in [0.25, 0.3) is 0 Å². The lowest BCUT2D eigenvalue weighted by molar-refractivity contribution is -0.110. The minimum Gasteiger partial charge on any atom is -0.447 e. The fourth-order valence-corrected chi connectivity index (χ4v) is 3.44. The lowest BCUT2D eigenvalue weighted by atomic mass is 10.2. The van der Waals surface area contributed by atoms with Crippen LogP contribution in [0.5, 0.6) is 5.88 Å². The van der Waals surface area contributed by atoms with Crippen LogP contribution in [0.1, 0.15) is 30.7 Å². The third-order valence-electron chi connectivity index (χ3n) is 3.84. The second-order valence-electron chi connectivity index (χ2n) is 5.52. The molecule has 1 saturated heterocycles. The van der Waals surface area contributed by atoms with E-state index in [1.165, 1.54) is 5.56 Å². The van der Waals surface area contributed by atoms with Crippen LogP contribution in [0.2, 0.25) is 0 Å². The summed E-state index contributed by atoms with van der Waals surface area (Å²) in [6, 6.07) is 10.4. The van der Waals surface area contributed by atoms with Crippen LogP contribution in [-0.4, -0.2) is 22.4 Å². The van der Waals surface area contributed by atoms with Gasteiger partial charge in [-0.3, -0.25) is 0 Å². The second-order valence-corrected chi connectivity index (χ2v) is 6.48. The molecule has 0 saturated carbocycles. The Bertz CT molecular complexity index is 607. The summed E-state index contributed by atoms with van der Waals surface area (Å²) < 4.78 is 13.8. The largest absolute Gasteiger partial charge is 0.447 e. The molecule has 3 rings (SSSR count). The maximum Gasteiger partial charge on any atom is 0.230 e. The number of hydrogen-bond donors (Lipinski definition) is 0. The van der Waals surface area contributed by atoms with Gasteiger partial charge >= 0.3 is 0 Å². The van der Waals surface area contributed by atoms with E-state index < -0.39 is 0 Å². The molecule has 0 N–H and O–H groups in total. The molecule has 1 aromatic heterocycles. The average molecular weight is 318 g/mol. The number of aromatic nitrogens is 2. The number of rotatable bonds is 5. The van der Waals surface area contributed by atoms with Crippen molar-refractivity contribution < 1.29 is 9.47 Å². The Hall–Kier alpha value is -1.46. The van der Waals surface area contributed by atoms with Gasteiger partial charge in [-0.05, 0) is 25.3 Å². The van der Waals surface area contributed by atoms with Crippen molar-refractivity contribution in [3.8, 4) is 5.88 Å². The molecule has 0 aliphatic carbocycles. The molecule has 0 bridgehead atoms. The maximum absolute atomic E-state index is 6.08. The first kappa shape index (κ1) is 15.4. The summed E-state index contributed by atoms with van der Waals surface area (Å²) in [5, 5.41) is 0.943. The Morgan fingerprint density at radius 2 is 2.14 bits per heavy atom. The summed E-state index contributed by atoms with van der Waals surface area (Å²) in [6.07, 6.45) is 3.10. The Labute approximate surface area is 135 Å². The van der Waals surface area contributed by atoms with Crippen molar-refractivity contribution in [3.63, 3.8) is 0 Å². The standard InChI is InChI=1S/C17H22N2O2S/c1-13-18-16(22-12-14-8-4-3-5-9-14)17(19(13)2)21-15-10-6-7-11-20-15/h3-5,8-9,15H,6-7,10-12H2,1-2H3. The van der Waals surface area contributed by atoms with E-state index in [1.807, 2.05) is 24.6 Å². The number of aryl methyl sites for hydroxylation is 1. The van der Waals surface area contributed by atoms with E-state index in [1.54, 1.807) is 11.8 Å². The van der Waals surface area contributed by atoms with Crippen molar-refractivity contribution in [1.29, 1.82) is 0 Å². The van der Waals surface area contributed by atoms with Crippen molar-refractivity contribution in [1.82, 2.24) is 9.55 Å². The molecule has 1 aliphatic rings. The molecule has 0 spiro atoms. The molecule has 1 aliphatic heterocycles. The van der Waals surface area contributed by atoms with Crippen molar-refractivity contribution in [2.24, 2.45) is 7.05 Å². The van der Waals surface area contributed by atoms with Gasteiger partial charge in [0, 0.05) is 19.2 Å². The summed E-state index contributed by atoms with van der Waals surface area (Å²) in [7, 11) is 1.99. The average Bonchev–Trinajstić information content (AvgIpc) is 2.83. The van der Waals surface area contributed by atoms with Crippen LogP contribution in [0.4, 0.5) is 0 Å². The zero-order valence-corrected chi connectivity index (χ0v) is 13.9. The van der Waals surface area contributed by atoms with Crippen molar-refractivity contribution >= 4 is 11.8 Å². The van der Waals surface area contributed by atoms with E-state index in [4.69, 9.17) is 9.47 Å². The SMILES string of the molecule is Cc1nc(SCc2ccccc2)c(OC2CCCCO2)n1C. The summed E-state index contributed by atoms with van der Waals surface area (Å²) in [6.45, 7) is 2.79. The van der Waals surface area contributed by atoms with Gasteiger partial charge in [0.1, 0.15) is 5.82 Å². The molecule has 22 heavy (non-hydrogen) atoms. The topological polar surface area (TPSA) is 36.3 Å². The van der Waals surface area contributed by atoms with Gasteiger partial charge in [0.2, 0.25) is 12.2 Å². The Balaban J connectivity index is 1.71. The third-order valence-corrected chi connectivity index (χ3v) is 4.85. The quantitative estimate of drug-likeness (QED) is 0.783. The molecule has 1 atom stereocenters. The number of nitrogens with zero attached hydrogens (tertiary/aromatic N) is 2. The molecule has 1 fully saturated rings. The van der Waals surface area contributed by atoms with Crippen LogP contribution in [0.25, 0.3) is 0 Å². The summed E-state index contributed by atoms with van der Waals surface area (Å²) >= 11 is 1.71. The van der Waals surface area contributed by atoms with Gasteiger partial charge in [-0.2, -0.15) is 0 Å². The van der Waals surface area contributed by atoms with Crippen LogP contribution in [0.3, 0.4) is 0 Å². The minimum atomic E-state index is -0.139. The normalized spacial score (nSPS) is 18.4. The Kier molecular flexibility index (Phi) is 5.05. The number of hydrogen-bond acceptors (Lipinski definition) is 4. The molecular formula is C17H22N2O2S. The highest BCUT2D eigenvalue weighted by atomic mass is 32.2. The van der Waals surface area contributed by atoms with Crippen LogP contribution in [0, 0.1) is 6.92 Å². The molecule has 2 heterocycles. The molecule has 1 aromatic carbocycles. The lowest BCUT2D eigenvalue weighted by Gasteiger charge is -2.23. The van der Waals surface area contributed by atoms with Gasteiger partial charge in [-0.15, -0.1) is 0 Å². The van der Waals surface area contributed by atoms with Gasteiger partial charge in [-0.25, -0.2) is 4.98 Å². The fraction of sp³-hybridized carbons (Fsp3) is 0.471. The molecule has 1 unspecified atom stereocenters. The van der Waals surface area contributed by atoms with Crippen molar-refractivity contribution in [3.05, 3.63) is 41.7 Å². The van der Waals surface area contributed by atoms with Crippen LogP contribution in [-0.2, 0) is 17.5 Å². The van der Waals surface area contributed by atoms with Crippen LogP contribution >= 0.6 is 11.8 Å². The monoisotopic (exact) mass is 318 g/mol. The highest BCUT2D eigenvalue weighted by Gasteiger charge is 2.21. The summed E-state index contributed by atoms with van der Waals surface area (Å²) in [5.74, 6) is 2.67. The number of thioether (sulfide) groups is 1.